The summed E-state index contributed by atoms with van der Waals surface area (Å²) in [6, 6.07) is 15.0. The third-order valence-corrected chi connectivity index (χ3v) is 3.45. The number of hydrogen-bond acceptors (Lipinski definition) is 2. The van der Waals surface area contributed by atoms with E-state index in [2.05, 4.69) is 10.6 Å². The highest BCUT2D eigenvalue weighted by atomic mass is 35.5. The number of halogens is 1. The van der Waals surface area contributed by atoms with Crippen molar-refractivity contribution in [1.82, 2.24) is 10.6 Å². The lowest BCUT2D eigenvalue weighted by Gasteiger charge is -2.08. The highest BCUT2D eigenvalue weighted by Gasteiger charge is 2.01. The van der Waals surface area contributed by atoms with Crippen molar-refractivity contribution in [2.24, 2.45) is 0 Å². The van der Waals surface area contributed by atoms with Gasteiger partial charge >= 0.3 is 6.03 Å². The lowest BCUT2D eigenvalue weighted by Crippen LogP contribution is -2.36. The first kappa shape index (κ1) is 16.2. The summed E-state index contributed by atoms with van der Waals surface area (Å²) in [6.45, 7) is 1.04. The summed E-state index contributed by atoms with van der Waals surface area (Å²) in [5, 5.41) is 6.33. The summed E-state index contributed by atoms with van der Waals surface area (Å²) in [7, 11) is 1.64. The predicted molar refractivity (Wildman–Crippen MR) is 88.4 cm³/mol. The Morgan fingerprint density at radius 1 is 1.09 bits per heavy atom. The summed E-state index contributed by atoms with van der Waals surface area (Å²) < 4.78 is 5.17. The SMILES string of the molecule is COc1cccc(CCNC(=O)NCc2ccc(Cl)cc2)c1. The van der Waals surface area contributed by atoms with Gasteiger partial charge in [0.25, 0.3) is 0 Å². The van der Waals surface area contributed by atoms with Crippen molar-refractivity contribution in [2.75, 3.05) is 13.7 Å². The lowest BCUT2D eigenvalue weighted by atomic mass is 10.1. The van der Waals surface area contributed by atoms with E-state index in [1.54, 1.807) is 19.2 Å². The van der Waals surface area contributed by atoms with E-state index < -0.39 is 0 Å². The molecular formula is C17H19ClN2O2. The van der Waals surface area contributed by atoms with Crippen molar-refractivity contribution in [2.45, 2.75) is 13.0 Å². The molecule has 0 radical (unpaired) electrons. The molecule has 4 nitrogen and oxygen atoms in total. The van der Waals surface area contributed by atoms with Gasteiger partial charge in [0.05, 0.1) is 7.11 Å². The molecule has 0 spiro atoms. The number of hydrogen-bond donors (Lipinski definition) is 2. The van der Waals surface area contributed by atoms with Gasteiger partial charge in [0.1, 0.15) is 5.75 Å². The van der Waals surface area contributed by atoms with Crippen LogP contribution < -0.4 is 15.4 Å². The third-order valence-electron chi connectivity index (χ3n) is 3.20. The van der Waals surface area contributed by atoms with Gasteiger partial charge in [-0.3, -0.25) is 0 Å². The minimum Gasteiger partial charge on any atom is -0.497 e. The fourth-order valence-electron chi connectivity index (χ4n) is 2.00. The molecule has 0 fully saturated rings. The third kappa shape index (κ3) is 5.30. The van der Waals surface area contributed by atoms with Gasteiger partial charge in [0.2, 0.25) is 0 Å². The van der Waals surface area contributed by atoms with Crippen LogP contribution in [0, 0.1) is 0 Å². The summed E-state index contributed by atoms with van der Waals surface area (Å²) in [5.41, 5.74) is 2.13. The number of carbonyl (C=O) groups is 1. The van der Waals surface area contributed by atoms with Gasteiger partial charge in [-0.15, -0.1) is 0 Å². The summed E-state index contributed by atoms with van der Waals surface area (Å²) in [5.74, 6) is 0.824. The second kappa shape index (κ2) is 8.29. The average Bonchev–Trinajstić information content (AvgIpc) is 2.54. The Morgan fingerprint density at radius 3 is 2.59 bits per heavy atom. The van der Waals surface area contributed by atoms with Crippen molar-refractivity contribution in [3.63, 3.8) is 0 Å². The van der Waals surface area contributed by atoms with E-state index >= 15 is 0 Å². The first-order valence-electron chi connectivity index (χ1n) is 7.06. The van der Waals surface area contributed by atoms with Gasteiger partial charge in [0, 0.05) is 18.1 Å². The molecule has 0 aliphatic heterocycles. The number of urea groups is 1. The number of amides is 2. The molecule has 22 heavy (non-hydrogen) atoms. The fraction of sp³-hybridized carbons (Fsp3) is 0.235. The Labute approximate surface area is 135 Å². The number of benzene rings is 2. The van der Waals surface area contributed by atoms with Crippen molar-refractivity contribution in [3.05, 3.63) is 64.7 Å². The summed E-state index contributed by atoms with van der Waals surface area (Å²) in [4.78, 5) is 11.7. The first-order chi connectivity index (χ1) is 10.7. The lowest BCUT2D eigenvalue weighted by molar-refractivity contribution is 0.240. The van der Waals surface area contributed by atoms with Crippen LogP contribution in [-0.2, 0) is 13.0 Å². The molecule has 0 saturated heterocycles. The van der Waals surface area contributed by atoms with Crippen molar-refractivity contribution in [1.29, 1.82) is 0 Å². The maximum atomic E-state index is 11.7. The molecule has 2 amide bonds. The van der Waals surface area contributed by atoms with E-state index in [0.29, 0.717) is 18.1 Å². The molecular weight excluding hydrogens is 300 g/mol. The largest absolute Gasteiger partial charge is 0.497 e. The molecule has 0 unspecified atom stereocenters. The molecule has 2 rings (SSSR count). The Bertz CT molecular complexity index is 614. The fourth-order valence-corrected chi connectivity index (χ4v) is 2.12. The smallest absolute Gasteiger partial charge is 0.315 e. The second-order valence-corrected chi connectivity index (χ2v) is 5.27. The molecule has 2 aromatic carbocycles. The molecule has 0 bridgehead atoms. The van der Waals surface area contributed by atoms with Crippen LogP contribution in [0.25, 0.3) is 0 Å². The number of methoxy groups -OCH3 is 1. The molecule has 0 aromatic heterocycles. The number of rotatable bonds is 6. The van der Waals surface area contributed by atoms with Crippen LogP contribution in [0.1, 0.15) is 11.1 Å². The molecule has 2 N–H and O–H groups in total. The van der Waals surface area contributed by atoms with Gasteiger partial charge in [0.15, 0.2) is 0 Å². The number of carbonyl (C=O) groups excluding carboxylic acids is 1. The van der Waals surface area contributed by atoms with Crippen LogP contribution >= 0.6 is 11.6 Å². The summed E-state index contributed by atoms with van der Waals surface area (Å²) in [6.07, 6.45) is 0.756. The number of nitrogens with one attached hydrogen (secondary N) is 2. The monoisotopic (exact) mass is 318 g/mol. The van der Waals surface area contributed by atoms with Gasteiger partial charge in [-0.1, -0.05) is 35.9 Å². The van der Waals surface area contributed by atoms with Gasteiger partial charge in [-0.2, -0.15) is 0 Å². The van der Waals surface area contributed by atoms with Crippen molar-refractivity contribution >= 4 is 17.6 Å². The van der Waals surface area contributed by atoms with E-state index in [0.717, 1.165) is 23.3 Å². The maximum absolute atomic E-state index is 11.7. The molecule has 0 saturated carbocycles. The quantitative estimate of drug-likeness (QED) is 0.857. The number of ether oxygens (including phenoxy) is 1. The van der Waals surface area contributed by atoms with Crippen LogP contribution in [0.3, 0.4) is 0 Å². The van der Waals surface area contributed by atoms with Gasteiger partial charge < -0.3 is 15.4 Å². The molecule has 0 aliphatic carbocycles. The Balaban J connectivity index is 1.70. The zero-order chi connectivity index (χ0) is 15.8. The highest BCUT2D eigenvalue weighted by molar-refractivity contribution is 6.30. The normalized spacial score (nSPS) is 10.1. The zero-order valence-electron chi connectivity index (χ0n) is 12.4. The average molecular weight is 319 g/mol. The predicted octanol–water partition coefficient (Wildman–Crippen LogP) is 3.39. The Morgan fingerprint density at radius 2 is 1.86 bits per heavy atom. The summed E-state index contributed by atoms with van der Waals surface area (Å²) >= 11 is 5.81. The van der Waals surface area contributed by atoms with Gasteiger partial charge in [-0.25, -0.2) is 4.79 Å². The standard InChI is InChI=1S/C17H19ClN2O2/c1-22-16-4-2-3-13(11-16)9-10-19-17(21)20-12-14-5-7-15(18)8-6-14/h2-8,11H,9-10,12H2,1H3,(H2,19,20,21). The first-order valence-corrected chi connectivity index (χ1v) is 7.44. The van der Waals surface area contributed by atoms with Gasteiger partial charge in [-0.05, 0) is 41.8 Å². The van der Waals surface area contributed by atoms with Crippen LogP contribution in [0.2, 0.25) is 5.02 Å². The van der Waals surface area contributed by atoms with E-state index in [1.165, 1.54) is 0 Å². The van der Waals surface area contributed by atoms with E-state index in [-0.39, 0.29) is 6.03 Å². The highest BCUT2D eigenvalue weighted by Crippen LogP contribution is 2.12. The molecule has 2 aromatic rings. The van der Waals surface area contributed by atoms with Crippen molar-refractivity contribution < 1.29 is 9.53 Å². The molecule has 0 aliphatic rings. The van der Waals surface area contributed by atoms with Crippen LogP contribution in [0.5, 0.6) is 5.75 Å². The molecule has 5 heteroatoms. The maximum Gasteiger partial charge on any atom is 0.315 e. The van der Waals surface area contributed by atoms with E-state index in [4.69, 9.17) is 16.3 Å². The van der Waals surface area contributed by atoms with Crippen molar-refractivity contribution in [3.8, 4) is 5.75 Å². The van der Waals surface area contributed by atoms with Crippen LogP contribution in [0.15, 0.2) is 48.5 Å². The second-order valence-electron chi connectivity index (χ2n) is 4.84. The zero-order valence-corrected chi connectivity index (χ0v) is 13.2. The topological polar surface area (TPSA) is 50.4 Å². The van der Waals surface area contributed by atoms with Crippen LogP contribution in [-0.4, -0.2) is 19.7 Å². The van der Waals surface area contributed by atoms with E-state index in [1.807, 2.05) is 36.4 Å². The Kier molecular flexibility index (Phi) is 6.10. The molecule has 0 atom stereocenters. The Hall–Kier alpha value is -2.20. The molecule has 0 heterocycles. The van der Waals surface area contributed by atoms with E-state index in [9.17, 15) is 4.79 Å². The minimum atomic E-state index is -0.183. The molecule has 116 valence electrons. The van der Waals surface area contributed by atoms with Crippen LogP contribution in [0.4, 0.5) is 4.79 Å². The minimum absolute atomic E-state index is 0.183.